The second-order valence-corrected chi connectivity index (χ2v) is 6.76. The zero-order valence-electron chi connectivity index (χ0n) is 14.3. The Morgan fingerprint density at radius 3 is 2.19 bits per heavy atom. The summed E-state index contributed by atoms with van der Waals surface area (Å²) >= 11 is 0. The molecule has 1 aliphatic rings. The van der Waals surface area contributed by atoms with Gasteiger partial charge in [-0.3, -0.25) is 0 Å². The Balaban J connectivity index is 1.97. The molecule has 1 aromatic carbocycles. The molecule has 0 spiro atoms. The summed E-state index contributed by atoms with van der Waals surface area (Å²) in [6.07, 6.45) is 2.58. The number of likely N-dealkylation sites (N-methyl/N-ethyl adjacent to an activating group) is 1. The van der Waals surface area contributed by atoms with Crippen molar-refractivity contribution in [2.75, 3.05) is 40.8 Å². The monoisotopic (exact) mass is 289 g/mol. The highest BCUT2D eigenvalue weighted by molar-refractivity contribution is 5.30. The smallest absolute Gasteiger partial charge is 0.0447 e. The first-order valence-electron chi connectivity index (χ1n) is 8.14. The van der Waals surface area contributed by atoms with Crippen LogP contribution in [-0.2, 0) is 0 Å². The Morgan fingerprint density at radius 1 is 1.14 bits per heavy atom. The second-order valence-electron chi connectivity index (χ2n) is 6.76. The maximum Gasteiger partial charge on any atom is 0.0447 e. The Morgan fingerprint density at radius 2 is 1.71 bits per heavy atom. The van der Waals surface area contributed by atoms with Crippen molar-refractivity contribution in [2.45, 2.75) is 38.8 Å². The average molecular weight is 289 g/mol. The molecule has 1 heterocycles. The number of rotatable bonds is 5. The van der Waals surface area contributed by atoms with E-state index in [0.717, 1.165) is 12.6 Å². The van der Waals surface area contributed by atoms with Crippen molar-refractivity contribution < 1.29 is 0 Å². The molecule has 2 rings (SSSR count). The summed E-state index contributed by atoms with van der Waals surface area (Å²) in [5, 5.41) is 3.50. The fraction of sp³-hybridized carbons (Fsp3) is 0.667. The molecule has 0 aliphatic carbocycles. The third kappa shape index (κ3) is 4.53. The number of benzene rings is 1. The number of likely N-dealkylation sites (tertiary alicyclic amines) is 1. The molecule has 0 saturated carbocycles. The fourth-order valence-corrected chi connectivity index (χ4v) is 3.45. The molecule has 1 saturated heterocycles. The fourth-order valence-electron chi connectivity index (χ4n) is 3.45. The lowest BCUT2D eigenvalue weighted by molar-refractivity contribution is 0.136. The summed E-state index contributed by atoms with van der Waals surface area (Å²) in [7, 11) is 6.48. The van der Waals surface area contributed by atoms with Crippen LogP contribution in [0.4, 0.5) is 0 Å². The van der Waals surface area contributed by atoms with E-state index in [-0.39, 0.29) is 0 Å². The molecule has 3 nitrogen and oxygen atoms in total. The summed E-state index contributed by atoms with van der Waals surface area (Å²) < 4.78 is 0. The molecular formula is C18H31N3. The van der Waals surface area contributed by atoms with E-state index < -0.39 is 0 Å². The van der Waals surface area contributed by atoms with Crippen LogP contribution in [0.1, 0.15) is 35.6 Å². The maximum absolute atomic E-state index is 3.50. The van der Waals surface area contributed by atoms with Gasteiger partial charge in [-0.2, -0.15) is 0 Å². The van der Waals surface area contributed by atoms with Gasteiger partial charge >= 0.3 is 0 Å². The Bertz CT molecular complexity index is 428. The summed E-state index contributed by atoms with van der Waals surface area (Å²) in [5.74, 6) is 0. The Hall–Kier alpha value is -0.900. The third-order valence-electron chi connectivity index (χ3n) is 4.72. The highest BCUT2D eigenvalue weighted by atomic mass is 15.2. The predicted octanol–water partition coefficient (Wildman–Crippen LogP) is 2.59. The van der Waals surface area contributed by atoms with Gasteiger partial charge in [-0.15, -0.1) is 0 Å². The highest BCUT2D eigenvalue weighted by Crippen LogP contribution is 2.21. The number of hydrogen-bond donors (Lipinski definition) is 1. The normalized spacial score (nSPS) is 19.1. The molecule has 118 valence electrons. The van der Waals surface area contributed by atoms with Crippen molar-refractivity contribution in [1.82, 2.24) is 15.1 Å². The van der Waals surface area contributed by atoms with Gasteiger partial charge in [0.05, 0.1) is 0 Å². The van der Waals surface area contributed by atoms with E-state index >= 15 is 0 Å². The first kappa shape index (κ1) is 16.5. The van der Waals surface area contributed by atoms with E-state index in [9.17, 15) is 0 Å². The summed E-state index contributed by atoms with van der Waals surface area (Å²) in [4.78, 5) is 4.98. The van der Waals surface area contributed by atoms with Crippen molar-refractivity contribution in [3.63, 3.8) is 0 Å². The van der Waals surface area contributed by atoms with E-state index in [2.05, 4.69) is 68.3 Å². The standard InChI is InChI=1S/C18H31N3/c1-14-10-15(2)12-16(11-14)18(19-3)13-21-8-6-17(7-9-21)20(4)5/h10-12,17-19H,6-9,13H2,1-5H3. The van der Waals surface area contributed by atoms with Gasteiger partial charge < -0.3 is 15.1 Å². The lowest BCUT2D eigenvalue weighted by Gasteiger charge is -2.37. The lowest BCUT2D eigenvalue weighted by atomic mass is 9.99. The van der Waals surface area contributed by atoms with E-state index in [0.29, 0.717) is 6.04 Å². The molecule has 1 fully saturated rings. The minimum absolute atomic E-state index is 0.430. The van der Waals surface area contributed by atoms with Gasteiger partial charge in [0, 0.05) is 18.6 Å². The van der Waals surface area contributed by atoms with E-state index in [1.807, 2.05) is 0 Å². The van der Waals surface area contributed by atoms with Crippen LogP contribution in [0.25, 0.3) is 0 Å². The summed E-state index contributed by atoms with van der Waals surface area (Å²) in [6.45, 7) is 7.91. The zero-order chi connectivity index (χ0) is 15.4. The number of nitrogens with zero attached hydrogens (tertiary/aromatic N) is 2. The first-order chi connectivity index (χ1) is 9.99. The van der Waals surface area contributed by atoms with Crippen LogP contribution in [0.15, 0.2) is 18.2 Å². The van der Waals surface area contributed by atoms with E-state index in [1.165, 1.54) is 42.6 Å². The van der Waals surface area contributed by atoms with Crippen LogP contribution >= 0.6 is 0 Å². The van der Waals surface area contributed by atoms with Gasteiger partial charge in [0.15, 0.2) is 0 Å². The largest absolute Gasteiger partial charge is 0.312 e. The highest BCUT2D eigenvalue weighted by Gasteiger charge is 2.22. The number of hydrogen-bond acceptors (Lipinski definition) is 3. The molecule has 3 heteroatoms. The molecule has 0 aromatic heterocycles. The quantitative estimate of drug-likeness (QED) is 0.899. The number of nitrogens with one attached hydrogen (secondary N) is 1. The van der Waals surface area contributed by atoms with Crippen molar-refractivity contribution >= 4 is 0 Å². The number of aryl methyl sites for hydroxylation is 2. The van der Waals surface area contributed by atoms with Gasteiger partial charge in [-0.25, -0.2) is 0 Å². The topological polar surface area (TPSA) is 18.5 Å². The molecular weight excluding hydrogens is 258 g/mol. The minimum atomic E-state index is 0.430. The predicted molar refractivity (Wildman–Crippen MR) is 90.9 cm³/mol. The van der Waals surface area contributed by atoms with Gasteiger partial charge in [0.25, 0.3) is 0 Å². The van der Waals surface area contributed by atoms with Crippen molar-refractivity contribution in [3.8, 4) is 0 Å². The summed E-state index contributed by atoms with van der Waals surface area (Å²) in [6, 6.07) is 8.08. The Kier molecular flexibility index (Phi) is 5.80. The van der Waals surface area contributed by atoms with Crippen LogP contribution in [0.3, 0.4) is 0 Å². The molecule has 1 atom stereocenters. The van der Waals surface area contributed by atoms with Gasteiger partial charge in [0.1, 0.15) is 0 Å². The molecule has 0 amide bonds. The lowest BCUT2D eigenvalue weighted by Crippen LogP contribution is -2.44. The molecule has 1 aliphatic heterocycles. The first-order valence-corrected chi connectivity index (χ1v) is 8.14. The molecule has 1 aromatic rings. The number of piperidine rings is 1. The molecule has 1 N–H and O–H groups in total. The van der Waals surface area contributed by atoms with Crippen molar-refractivity contribution in [3.05, 3.63) is 34.9 Å². The zero-order valence-corrected chi connectivity index (χ0v) is 14.3. The minimum Gasteiger partial charge on any atom is -0.312 e. The van der Waals surface area contributed by atoms with Gasteiger partial charge in [0.2, 0.25) is 0 Å². The van der Waals surface area contributed by atoms with E-state index in [1.54, 1.807) is 0 Å². The SMILES string of the molecule is CNC(CN1CCC(N(C)C)CC1)c1cc(C)cc(C)c1. The van der Waals surface area contributed by atoms with E-state index in [4.69, 9.17) is 0 Å². The average Bonchev–Trinajstić information content (AvgIpc) is 2.44. The molecule has 1 unspecified atom stereocenters. The van der Waals surface area contributed by atoms with Crippen LogP contribution in [0, 0.1) is 13.8 Å². The van der Waals surface area contributed by atoms with Crippen molar-refractivity contribution in [1.29, 1.82) is 0 Å². The molecule has 0 bridgehead atoms. The third-order valence-corrected chi connectivity index (χ3v) is 4.72. The van der Waals surface area contributed by atoms with Crippen LogP contribution < -0.4 is 5.32 Å². The van der Waals surface area contributed by atoms with Crippen LogP contribution in [0.5, 0.6) is 0 Å². The van der Waals surface area contributed by atoms with Crippen molar-refractivity contribution in [2.24, 2.45) is 0 Å². The van der Waals surface area contributed by atoms with Gasteiger partial charge in [-0.1, -0.05) is 29.3 Å². The Labute approximate surface area is 130 Å². The van der Waals surface area contributed by atoms with Crippen LogP contribution in [0.2, 0.25) is 0 Å². The van der Waals surface area contributed by atoms with Crippen LogP contribution in [-0.4, -0.2) is 56.6 Å². The molecule has 21 heavy (non-hydrogen) atoms. The second kappa shape index (κ2) is 7.39. The summed E-state index contributed by atoms with van der Waals surface area (Å²) in [5.41, 5.74) is 4.14. The molecule has 0 radical (unpaired) electrons. The van der Waals surface area contributed by atoms with Gasteiger partial charge in [-0.05, 0) is 66.5 Å². The maximum atomic E-state index is 3.50.